The third-order valence-corrected chi connectivity index (χ3v) is 3.29. The van der Waals surface area contributed by atoms with Gasteiger partial charge in [0.05, 0.1) is 12.7 Å². The number of hydrogen-bond donors (Lipinski definition) is 3. The van der Waals surface area contributed by atoms with Gasteiger partial charge in [0.1, 0.15) is 17.1 Å². The maximum absolute atomic E-state index is 11.8. The minimum absolute atomic E-state index is 0.0941. The molecule has 1 aliphatic rings. The van der Waals surface area contributed by atoms with Crippen LogP contribution in [0.4, 0.5) is 0 Å². The van der Waals surface area contributed by atoms with Crippen molar-refractivity contribution in [3.8, 4) is 11.5 Å². The summed E-state index contributed by atoms with van der Waals surface area (Å²) in [5, 5.41) is 21.7. The molecule has 104 valence electrons. The lowest BCUT2D eigenvalue weighted by atomic mass is 10.1. The van der Waals surface area contributed by atoms with Crippen LogP contribution in [0.15, 0.2) is 18.2 Å². The van der Waals surface area contributed by atoms with E-state index < -0.39 is 5.91 Å². The molecular weight excluding hydrogens is 246 g/mol. The summed E-state index contributed by atoms with van der Waals surface area (Å²) in [7, 11) is 0. The number of phenols is 2. The zero-order chi connectivity index (χ0) is 13.7. The SMILES string of the molecule is O=C(NCCOC1CCCC1)c1c(O)cccc1O. The first-order valence-electron chi connectivity index (χ1n) is 6.59. The van der Waals surface area contributed by atoms with Crippen LogP contribution in [0, 0.1) is 0 Å². The molecular formula is C14H19NO4. The quantitative estimate of drug-likeness (QED) is 0.709. The molecule has 0 spiro atoms. The van der Waals surface area contributed by atoms with Gasteiger partial charge in [-0.05, 0) is 25.0 Å². The molecule has 1 aliphatic carbocycles. The van der Waals surface area contributed by atoms with Crippen LogP contribution in [-0.4, -0.2) is 35.4 Å². The molecule has 0 heterocycles. The molecule has 0 atom stereocenters. The summed E-state index contributed by atoms with van der Waals surface area (Å²) in [6, 6.07) is 4.21. The summed E-state index contributed by atoms with van der Waals surface area (Å²) >= 11 is 0. The lowest BCUT2D eigenvalue weighted by molar-refractivity contribution is 0.0581. The second kappa shape index (κ2) is 6.43. The second-order valence-corrected chi connectivity index (χ2v) is 4.70. The minimum atomic E-state index is -0.495. The van der Waals surface area contributed by atoms with Crippen LogP contribution in [0.1, 0.15) is 36.0 Å². The van der Waals surface area contributed by atoms with Crippen molar-refractivity contribution in [3.05, 3.63) is 23.8 Å². The van der Waals surface area contributed by atoms with Gasteiger partial charge in [-0.15, -0.1) is 0 Å². The van der Waals surface area contributed by atoms with E-state index in [1.165, 1.54) is 31.0 Å². The van der Waals surface area contributed by atoms with Gasteiger partial charge >= 0.3 is 0 Å². The van der Waals surface area contributed by atoms with Gasteiger partial charge in [0, 0.05) is 6.54 Å². The molecule has 1 aromatic rings. The summed E-state index contributed by atoms with van der Waals surface area (Å²) in [5.41, 5.74) is -0.0941. The van der Waals surface area contributed by atoms with Gasteiger partial charge in [-0.2, -0.15) is 0 Å². The number of carbonyl (C=O) groups is 1. The van der Waals surface area contributed by atoms with Crippen molar-refractivity contribution in [1.29, 1.82) is 0 Å². The van der Waals surface area contributed by atoms with Gasteiger partial charge in [0.25, 0.3) is 5.91 Å². The Morgan fingerprint density at radius 3 is 2.53 bits per heavy atom. The summed E-state index contributed by atoms with van der Waals surface area (Å²) < 4.78 is 5.61. The van der Waals surface area contributed by atoms with Gasteiger partial charge in [0.15, 0.2) is 0 Å². The van der Waals surface area contributed by atoms with E-state index in [-0.39, 0.29) is 17.1 Å². The number of rotatable bonds is 5. The molecule has 0 saturated heterocycles. The molecule has 0 aliphatic heterocycles. The van der Waals surface area contributed by atoms with E-state index >= 15 is 0 Å². The number of amides is 1. The van der Waals surface area contributed by atoms with E-state index in [1.54, 1.807) is 0 Å². The van der Waals surface area contributed by atoms with Gasteiger partial charge in [-0.1, -0.05) is 18.9 Å². The van der Waals surface area contributed by atoms with Crippen molar-refractivity contribution >= 4 is 5.91 Å². The zero-order valence-corrected chi connectivity index (χ0v) is 10.8. The highest BCUT2D eigenvalue weighted by molar-refractivity contribution is 5.99. The third-order valence-electron chi connectivity index (χ3n) is 3.29. The highest BCUT2D eigenvalue weighted by atomic mass is 16.5. The van der Waals surface area contributed by atoms with E-state index in [4.69, 9.17) is 4.74 Å². The van der Waals surface area contributed by atoms with Crippen molar-refractivity contribution in [2.75, 3.05) is 13.2 Å². The number of ether oxygens (including phenoxy) is 1. The topological polar surface area (TPSA) is 78.8 Å². The first-order valence-corrected chi connectivity index (χ1v) is 6.59. The molecule has 0 bridgehead atoms. The third kappa shape index (κ3) is 3.61. The molecule has 5 nitrogen and oxygen atoms in total. The maximum Gasteiger partial charge on any atom is 0.258 e. The fourth-order valence-electron chi connectivity index (χ4n) is 2.29. The van der Waals surface area contributed by atoms with Crippen LogP contribution >= 0.6 is 0 Å². The molecule has 1 fully saturated rings. The van der Waals surface area contributed by atoms with Gasteiger partial charge < -0.3 is 20.3 Å². The van der Waals surface area contributed by atoms with Crippen molar-refractivity contribution in [1.82, 2.24) is 5.32 Å². The van der Waals surface area contributed by atoms with E-state index in [0.29, 0.717) is 19.3 Å². The maximum atomic E-state index is 11.8. The number of phenolic OH excluding ortho intramolecular Hbond substituents is 2. The van der Waals surface area contributed by atoms with Crippen LogP contribution < -0.4 is 5.32 Å². The lowest BCUT2D eigenvalue weighted by Gasteiger charge is -2.12. The molecule has 19 heavy (non-hydrogen) atoms. The summed E-state index contributed by atoms with van der Waals surface area (Å²) in [4.78, 5) is 11.8. The molecule has 5 heteroatoms. The Bertz CT molecular complexity index is 421. The summed E-state index contributed by atoms with van der Waals surface area (Å²) in [6.07, 6.45) is 4.92. The molecule has 0 unspecified atom stereocenters. The van der Waals surface area contributed by atoms with Crippen molar-refractivity contribution in [2.45, 2.75) is 31.8 Å². The largest absolute Gasteiger partial charge is 0.507 e. The fraction of sp³-hybridized carbons (Fsp3) is 0.500. The normalized spacial score (nSPS) is 15.6. The second-order valence-electron chi connectivity index (χ2n) is 4.70. The predicted molar refractivity (Wildman–Crippen MR) is 70.3 cm³/mol. The molecule has 3 N–H and O–H groups in total. The standard InChI is InChI=1S/C14H19NO4/c16-11-6-3-7-12(17)13(11)14(18)15-8-9-19-10-4-1-2-5-10/h3,6-7,10,16-17H,1-2,4-5,8-9H2,(H,15,18). The Morgan fingerprint density at radius 2 is 1.89 bits per heavy atom. The molecule has 1 saturated carbocycles. The average molecular weight is 265 g/mol. The smallest absolute Gasteiger partial charge is 0.258 e. The van der Waals surface area contributed by atoms with Gasteiger partial charge in [-0.25, -0.2) is 0 Å². The van der Waals surface area contributed by atoms with E-state index in [9.17, 15) is 15.0 Å². The highest BCUT2D eigenvalue weighted by Gasteiger charge is 2.17. The van der Waals surface area contributed by atoms with E-state index in [1.807, 2.05) is 0 Å². The Balaban J connectivity index is 1.77. The minimum Gasteiger partial charge on any atom is -0.507 e. The number of hydrogen-bond acceptors (Lipinski definition) is 4. The first-order chi connectivity index (χ1) is 9.18. The molecule has 1 aromatic carbocycles. The van der Waals surface area contributed by atoms with Gasteiger partial charge in [-0.3, -0.25) is 4.79 Å². The molecule has 0 radical (unpaired) electrons. The molecule has 2 rings (SSSR count). The molecule has 1 amide bonds. The first kappa shape index (κ1) is 13.7. The Hall–Kier alpha value is -1.75. The van der Waals surface area contributed by atoms with Gasteiger partial charge in [0.2, 0.25) is 0 Å². The monoisotopic (exact) mass is 265 g/mol. The van der Waals surface area contributed by atoms with Crippen molar-refractivity contribution in [2.24, 2.45) is 0 Å². The zero-order valence-electron chi connectivity index (χ0n) is 10.8. The Morgan fingerprint density at radius 1 is 1.26 bits per heavy atom. The Labute approximate surface area is 112 Å². The number of aromatic hydroxyl groups is 2. The predicted octanol–water partition coefficient (Wildman–Crippen LogP) is 1.79. The lowest BCUT2D eigenvalue weighted by Crippen LogP contribution is -2.28. The summed E-state index contributed by atoms with van der Waals surface area (Å²) in [5.74, 6) is -0.950. The summed E-state index contributed by atoms with van der Waals surface area (Å²) in [6.45, 7) is 0.813. The average Bonchev–Trinajstić information content (AvgIpc) is 2.87. The Kier molecular flexibility index (Phi) is 4.63. The number of carbonyl (C=O) groups excluding carboxylic acids is 1. The van der Waals surface area contributed by atoms with Crippen LogP contribution in [0.2, 0.25) is 0 Å². The highest BCUT2D eigenvalue weighted by Crippen LogP contribution is 2.25. The number of nitrogens with one attached hydrogen (secondary N) is 1. The van der Waals surface area contributed by atoms with E-state index in [0.717, 1.165) is 12.8 Å². The van der Waals surface area contributed by atoms with Crippen LogP contribution in [0.3, 0.4) is 0 Å². The fourth-order valence-corrected chi connectivity index (χ4v) is 2.29. The van der Waals surface area contributed by atoms with Crippen molar-refractivity contribution in [3.63, 3.8) is 0 Å². The van der Waals surface area contributed by atoms with Crippen LogP contribution in [-0.2, 0) is 4.74 Å². The van der Waals surface area contributed by atoms with Crippen LogP contribution in [0.5, 0.6) is 11.5 Å². The van der Waals surface area contributed by atoms with E-state index in [2.05, 4.69) is 5.32 Å². The number of benzene rings is 1. The van der Waals surface area contributed by atoms with Crippen LogP contribution in [0.25, 0.3) is 0 Å². The van der Waals surface area contributed by atoms with Crippen molar-refractivity contribution < 1.29 is 19.7 Å². The molecule has 0 aromatic heterocycles.